The first kappa shape index (κ1) is 26.9. The number of rotatable bonds is 0. The number of hydrogen-bond donors (Lipinski definition) is 3. The van der Waals surface area contributed by atoms with Gasteiger partial charge in [-0.05, 0) is 19.3 Å². The van der Waals surface area contributed by atoms with Crippen LogP contribution in [0.3, 0.4) is 0 Å². The fourth-order valence-electron chi connectivity index (χ4n) is 4.33. The molecule has 9 atom stereocenters. The lowest BCUT2D eigenvalue weighted by Crippen LogP contribution is -2.18. The van der Waals surface area contributed by atoms with Gasteiger partial charge in [0.1, 0.15) is 0 Å². The fraction of sp³-hybridized carbons (Fsp3) is 1.00. The minimum atomic E-state index is -0.280. The summed E-state index contributed by atoms with van der Waals surface area (Å²) in [7, 11) is 0. The van der Waals surface area contributed by atoms with Gasteiger partial charge in [-0.15, -0.1) is 0 Å². The Morgan fingerprint density at radius 2 is 0.710 bits per heavy atom. The second-order valence-electron chi connectivity index (χ2n) is 7.78. The van der Waals surface area contributed by atoms with E-state index in [2.05, 4.69) is 0 Å². The van der Waals surface area contributed by atoms with Crippen LogP contribution in [0, 0.1) is 17.8 Å². The molecule has 0 aromatic carbocycles. The zero-order valence-electron chi connectivity index (χ0n) is 19.4. The molecule has 184 valence electrons. The van der Waals surface area contributed by atoms with Crippen molar-refractivity contribution in [3.63, 3.8) is 0 Å². The van der Waals surface area contributed by atoms with Crippen LogP contribution >= 0.6 is 0 Å². The fourth-order valence-corrected chi connectivity index (χ4v) is 4.33. The Morgan fingerprint density at radius 3 is 0.935 bits per heavy atom. The number of ether oxygens (including phenoxy) is 6. The van der Waals surface area contributed by atoms with Gasteiger partial charge in [-0.3, -0.25) is 0 Å². The molecule has 9 nitrogen and oxygen atoms in total. The van der Waals surface area contributed by atoms with Gasteiger partial charge >= 0.3 is 0 Å². The summed E-state index contributed by atoms with van der Waals surface area (Å²) in [6.45, 7) is 11.6. The van der Waals surface area contributed by atoms with Crippen LogP contribution in [-0.4, -0.2) is 92.1 Å². The van der Waals surface area contributed by atoms with Crippen LogP contribution in [0.2, 0.25) is 0 Å². The van der Waals surface area contributed by atoms with Crippen molar-refractivity contribution in [2.45, 2.75) is 84.1 Å². The molecule has 6 aliphatic heterocycles. The maximum atomic E-state index is 9.19. The van der Waals surface area contributed by atoms with E-state index in [0.717, 1.165) is 39.1 Å². The lowest BCUT2D eigenvalue weighted by molar-refractivity contribution is -0.0909. The summed E-state index contributed by atoms with van der Waals surface area (Å²) in [5.41, 5.74) is 0. The van der Waals surface area contributed by atoms with Gasteiger partial charge in [-0.1, -0.05) is 27.7 Å². The highest BCUT2D eigenvalue weighted by Gasteiger charge is 2.42. The van der Waals surface area contributed by atoms with Crippen LogP contribution in [0.1, 0.15) is 47.0 Å². The van der Waals surface area contributed by atoms with Crippen molar-refractivity contribution in [1.82, 2.24) is 0 Å². The van der Waals surface area contributed by atoms with Gasteiger partial charge in [0.05, 0.1) is 58.0 Å². The first-order valence-corrected chi connectivity index (χ1v) is 11.9. The van der Waals surface area contributed by atoms with Crippen LogP contribution in [0.5, 0.6) is 0 Å². The van der Waals surface area contributed by atoms with E-state index < -0.39 is 0 Å². The standard InChI is InChI=1S/3C6H10O3.2C2H6/c3*7-5-3-9-6-4(5)1-2-8-6;2*1-2/h3*4-7H,1-3H2;2*1-2H3/t3*4-,5?,6+;;/m000../s1. The molecule has 6 rings (SSSR count). The molecule has 0 aliphatic carbocycles. The van der Waals surface area contributed by atoms with Crippen LogP contribution < -0.4 is 0 Å². The Labute approximate surface area is 185 Å². The molecule has 6 aliphatic rings. The van der Waals surface area contributed by atoms with E-state index in [9.17, 15) is 15.3 Å². The van der Waals surface area contributed by atoms with E-state index in [1.54, 1.807) is 0 Å². The molecule has 6 fully saturated rings. The molecular formula is C22H42O9. The lowest BCUT2D eigenvalue weighted by atomic mass is 10.0. The monoisotopic (exact) mass is 450 g/mol. The third-order valence-corrected chi connectivity index (χ3v) is 6.03. The maximum absolute atomic E-state index is 9.19. The van der Waals surface area contributed by atoms with Crippen molar-refractivity contribution in [3.8, 4) is 0 Å². The smallest absolute Gasteiger partial charge is 0.163 e. The molecule has 3 unspecified atom stereocenters. The highest BCUT2D eigenvalue weighted by Crippen LogP contribution is 2.32. The molecular weight excluding hydrogens is 408 g/mol. The number of fused-ring (bicyclic) bond motifs is 3. The van der Waals surface area contributed by atoms with E-state index >= 15 is 0 Å². The summed E-state index contributed by atoms with van der Waals surface area (Å²) in [6, 6.07) is 0. The van der Waals surface area contributed by atoms with Crippen LogP contribution in [0.4, 0.5) is 0 Å². The quantitative estimate of drug-likeness (QED) is 0.502. The molecule has 0 spiro atoms. The Kier molecular flexibility index (Phi) is 12.2. The van der Waals surface area contributed by atoms with Gasteiger partial charge in [-0.2, -0.15) is 0 Å². The molecule has 0 amide bonds. The molecule has 6 saturated heterocycles. The van der Waals surface area contributed by atoms with Gasteiger partial charge in [0.15, 0.2) is 18.9 Å². The Morgan fingerprint density at radius 1 is 0.452 bits per heavy atom. The van der Waals surface area contributed by atoms with Gasteiger partial charge < -0.3 is 43.7 Å². The number of hydrogen-bond acceptors (Lipinski definition) is 9. The van der Waals surface area contributed by atoms with Crippen molar-refractivity contribution in [3.05, 3.63) is 0 Å². The van der Waals surface area contributed by atoms with Crippen LogP contribution in [0.15, 0.2) is 0 Å². The van der Waals surface area contributed by atoms with Gasteiger partial charge in [-0.25, -0.2) is 0 Å². The second-order valence-corrected chi connectivity index (χ2v) is 7.78. The van der Waals surface area contributed by atoms with E-state index in [4.69, 9.17) is 28.4 Å². The zero-order chi connectivity index (χ0) is 22.8. The summed E-state index contributed by atoms with van der Waals surface area (Å²) in [6.07, 6.45) is 1.72. The molecule has 0 bridgehead atoms. The van der Waals surface area contributed by atoms with E-state index in [-0.39, 0.29) is 54.9 Å². The molecule has 6 heterocycles. The third kappa shape index (κ3) is 7.06. The van der Waals surface area contributed by atoms with E-state index in [1.807, 2.05) is 27.7 Å². The molecule has 0 saturated carbocycles. The topological polar surface area (TPSA) is 116 Å². The van der Waals surface area contributed by atoms with Crippen molar-refractivity contribution in [2.24, 2.45) is 17.8 Å². The Balaban J connectivity index is 0.000000153. The summed E-state index contributed by atoms with van der Waals surface area (Å²) in [5, 5.41) is 27.6. The molecule has 9 heteroatoms. The maximum Gasteiger partial charge on any atom is 0.163 e. The Bertz CT molecular complexity index is 413. The van der Waals surface area contributed by atoms with Gasteiger partial charge in [0.2, 0.25) is 0 Å². The molecule has 0 radical (unpaired) electrons. The summed E-state index contributed by atoms with van der Waals surface area (Å²) < 4.78 is 30.8. The van der Waals surface area contributed by atoms with Gasteiger partial charge in [0.25, 0.3) is 0 Å². The SMILES string of the molecule is CC.CC.OC1CO[C@H]2OCC[C@@H]12.OC1CO[C@H]2OCC[C@@H]12.OC1CO[C@H]2OCC[C@@H]12. The Hall–Kier alpha value is -0.360. The summed E-state index contributed by atoms with van der Waals surface area (Å²) in [4.78, 5) is 0. The first-order chi connectivity index (χ1) is 15.1. The highest BCUT2D eigenvalue weighted by atomic mass is 16.7. The molecule has 0 aromatic rings. The van der Waals surface area contributed by atoms with Crippen molar-refractivity contribution < 1.29 is 43.7 Å². The zero-order valence-corrected chi connectivity index (χ0v) is 19.4. The average molecular weight is 451 g/mol. The summed E-state index contributed by atoms with van der Waals surface area (Å²) in [5.74, 6) is 0.764. The minimum Gasteiger partial charge on any atom is -0.390 e. The lowest BCUT2D eigenvalue weighted by Gasteiger charge is -2.06. The second kappa shape index (κ2) is 14.0. The van der Waals surface area contributed by atoms with Crippen molar-refractivity contribution in [2.75, 3.05) is 39.6 Å². The van der Waals surface area contributed by atoms with E-state index in [1.165, 1.54) is 0 Å². The first-order valence-electron chi connectivity index (χ1n) is 11.9. The summed E-state index contributed by atoms with van der Waals surface area (Å²) >= 11 is 0. The molecule has 31 heavy (non-hydrogen) atoms. The predicted octanol–water partition coefficient (Wildman–Crippen LogP) is 1.27. The average Bonchev–Trinajstić information content (AvgIpc) is 3.60. The predicted molar refractivity (Wildman–Crippen MR) is 112 cm³/mol. The highest BCUT2D eigenvalue weighted by molar-refractivity contribution is 4.83. The number of aliphatic hydroxyl groups is 3. The van der Waals surface area contributed by atoms with Crippen molar-refractivity contribution >= 4 is 0 Å². The van der Waals surface area contributed by atoms with E-state index in [0.29, 0.717) is 19.8 Å². The van der Waals surface area contributed by atoms with Gasteiger partial charge in [0, 0.05) is 17.8 Å². The normalized spacial score (nSPS) is 43.6. The molecule has 3 N–H and O–H groups in total. The van der Waals surface area contributed by atoms with Crippen LogP contribution in [0.25, 0.3) is 0 Å². The largest absolute Gasteiger partial charge is 0.390 e. The van der Waals surface area contributed by atoms with Crippen molar-refractivity contribution in [1.29, 1.82) is 0 Å². The number of aliphatic hydroxyl groups excluding tert-OH is 3. The van der Waals surface area contributed by atoms with Crippen LogP contribution in [-0.2, 0) is 28.4 Å². The molecule has 0 aromatic heterocycles. The third-order valence-electron chi connectivity index (χ3n) is 6.03. The minimum absolute atomic E-state index is 0.0972.